The van der Waals surface area contributed by atoms with Crippen LogP contribution < -0.4 is 4.52 Å². The molecule has 4 aliphatic rings. The van der Waals surface area contributed by atoms with E-state index in [1.54, 1.807) is 0 Å². The molecule has 3 nitrogen and oxygen atoms in total. The normalized spacial score (nSPS) is 28.2. The smallest absolute Gasteiger partial charge is 0.215 e. The molecule has 0 fully saturated rings. The molecule has 0 aromatic heterocycles. The summed E-state index contributed by atoms with van der Waals surface area (Å²) >= 11 is 0. The van der Waals surface area contributed by atoms with Gasteiger partial charge in [0, 0.05) is 23.3 Å². The molecule has 0 saturated carbocycles. The molecule has 3 atom stereocenters. The highest BCUT2D eigenvalue weighted by atomic mass is 31.1. The number of allylic oxidation sites excluding steroid dienone is 4. The van der Waals surface area contributed by atoms with Crippen LogP contribution in [0.3, 0.4) is 0 Å². The third-order valence-corrected chi connectivity index (χ3v) is 6.78. The summed E-state index contributed by atoms with van der Waals surface area (Å²) in [5.41, 5.74) is 6.34. The van der Waals surface area contributed by atoms with Gasteiger partial charge in [0.15, 0.2) is 0 Å². The molecule has 1 aromatic rings. The Morgan fingerprint density at radius 3 is 2.74 bits per heavy atom. The van der Waals surface area contributed by atoms with Gasteiger partial charge in [-0.05, 0) is 63.0 Å². The lowest BCUT2D eigenvalue weighted by Crippen LogP contribution is -2.45. The number of hydrogen-bond donors (Lipinski definition) is 0. The van der Waals surface area contributed by atoms with Crippen LogP contribution in [-0.2, 0) is 9.94 Å². The third-order valence-electron chi connectivity index (χ3n) is 6.10. The van der Waals surface area contributed by atoms with Gasteiger partial charge in [0.1, 0.15) is 5.75 Å². The van der Waals surface area contributed by atoms with E-state index < -0.39 is 0 Å². The maximum Gasteiger partial charge on any atom is 0.215 e. The Morgan fingerprint density at radius 1 is 1.15 bits per heavy atom. The Hall–Kier alpha value is -1.83. The van der Waals surface area contributed by atoms with Gasteiger partial charge in [-0.25, -0.2) is 0 Å². The second-order valence-electron chi connectivity index (χ2n) is 8.29. The van der Waals surface area contributed by atoms with Crippen molar-refractivity contribution in [2.45, 2.75) is 57.7 Å². The van der Waals surface area contributed by atoms with Crippen LogP contribution in [0.5, 0.6) is 5.75 Å². The molecule has 0 saturated heterocycles. The number of benzene rings is 1. The van der Waals surface area contributed by atoms with Crippen LogP contribution in [-0.4, -0.2) is 23.1 Å². The second kappa shape index (κ2) is 6.09. The molecular formula is C23H26NO2P. The van der Waals surface area contributed by atoms with Gasteiger partial charge in [0.2, 0.25) is 9.03 Å². The van der Waals surface area contributed by atoms with Gasteiger partial charge in [-0.2, -0.15) is 0 Å². The minimum atomic E-state index is -0.282. The van der Waals surface area contributed by atoms with E-state index in [0.29, 0.717) is 12.1 Å². The number of rotatable bonds is 3. The zero-order valence-electron chi connectivity index (χ0n) is 16.3. The van der Waals surface area contributed by atoms with Gasteiger partial charge in [0.05, 0.1) is 11.5 Å². The number of nitrogens with zero attached hydrogens (tertiary/aromatic N) is 1. The van der Waals surface area contributed by atoms with Crippen LogP contribution in [0.2, 0.25) is 0 Å². The molecule has 0 amide bonds. The molecule has 0 N–H and O–H groups in total. The third kappa shape index (κ3) is 2.28. The Labute approximate surface area is 163 Å². The summed E-state index contributed by atoms with van der Waals surface area (Å²) in [5.74, 6) is 0.955. The standard InChI is InChI=1S/C23H26NO2P/c1-14(2)24(15(3)4)20-13-17-8-6-10-19-22(17)23(20)12-11-16-7-5-9-18(21(16)23)25-27-26-19/h5-8,10-15,18,27H,9H2,1-4H3/t18?,23-/m1/s1. The predicted molar refractivity (Wildman–Crippen MR) is 112 cm³/mol. The summed E-state index contributed by atoms with van der Waals surface area (Å²) in [5, 5.41) is 0. The molecule has 1 aliphatic heterocycles. The first-order chi connectivity index (χ1) is 13.0. The highest BCUT2D eigenvalue weighted by Crippen LogP contribution is 2.60. The van der Waals surface area contributed by atoms with Gasteiger partial charge in [-0.15, -0.1) is 0 Å². The van der Waals surface area contributed by atoms with Crippen molar-refractivity contribution in [3.05, 3.63) is 70.5 Å². The molecule has 1 heterocycles. The van der Waals surface area contributed by atoms with Crippen LogP contribution in [0.1, 0.15) is 45.2 Å². The molecule has 5 rings (SSSR count). The first kappa shape index (κ1) is 17.3. The van der Waals surface area contributed by atoms with E-state index in [1.807, 2.05) is 0 Å². The van der Waals surface area contributed by atoms with Crippen molar-refractivity contribution in [3.63, 3.8) is 0 Å². The van der Waals surface area contributed by atoms with E-state index >= 15 is 0 Å². The van der Waals surface area contributed by atoms with Gasteiger partial charge < -0.3 is 13.9 Å². The molecule has 140 valence electrons. The van der Waals surface area contributed by atoms with Crippen molar-refractivity contribution in [3.8, 4) is 5.75 Å². The Balaban J connectivity index is 1.82. The molecule has 1 aromatic carbocycles. The zero-order valence-corrected chi connectivity index (χ0v) is 17.3. The van der Waals surface area contributed by atoms with Gasteiger partial charge in [-0.1, -0.05) is 36.4 Å². The van der Waals surface area contributed by atoms with Crippen molar-refractivity contribution in [2.24, 2.45) is 0 Å². The topological polar surface area (TPSA) is 21.7 Å². The predicted octanol–water partition coefficient (Wildman–Crippen LogP) is 5.51. The van der Waals surface area contributed by atoms with E-state index in [9.17, 15) is 0 Å². The van der Waals surface area contributed by atoms with E-state index in [0.717, 1.165) is 12.2 Å². The fraction of sp³-hybridized carbons (Fsp3) is 0.391. The average molecular weight is 379 g/mol. The first-order valence-corrected chi connectivity index (χ1v) is 10.7. The van der Waals surface area contributed by atoms with Crippen molar-refractivity contribution >= 4 is 15.1 Å². The molecule has 0 radical (unpaired) electrons. The van der Waals surface area contributed by atoms with Gasteiger partial charge in [0.25, 0.3) is 0 Å². The van der Waals surface area contributed by atoms with Crippen LogP contribution in [0.15, 0.2) is 59.3 Å². The van der Waals surface area contributed by atoms with Crippen molar-refractivity contribution in [1.29, 1.82) is 0 Å². The highest BCUT2D eigenvalue weighted by molar-refractivity contribution is 7.26. The van der Waals surface area contributed by atoms with Crippen LogP contribution in [0.25, 0.3) is 6.08 Å². The SMILES string of the molecule is CC(C)N(C1=Cc2cccc3c2[C@]12C=CC1=C2C(CC=C1)OPO3)C(C)C. The van der Waals surface area contributed by atoms with E-state index in [-0.39, 0.29) is 20.6 Å². The maximum absolute atomic E-state index is 6.23. The van der Waals surface area contributed by atoms with Crippen molar-refractivity contribution in [2.75, 3.05) is 0 Å². The summed E-state index contributed by atoms with van der Waals surface area (Å²) in [7, 11) is 0.0297. The minimum absolute atomic E-state index is 0.0297. The Bertz CT molecular complexity index is 916. The Morgan fingerprint density at radius 2 is 1.96 bits per heavy atom. The lowest BCUT2D eigenvalue weighted by Gasteiger charge is -2.45. The molecule has 4 heteroatoms. The number of hydrogen-bond acceptors (Lipinski definition) is 3. The van der Waals surface area contributed by atoms with Crippen LogP contribution in [0, 0.1) is 0 Å². The molecule has 0 bridgehead atoms. The summed E-state index contributed by atoms with van der Waals surface area (Å²) in [6, 6.07) is 7.23. The lowest BCUT2D eigenvalue weighted by atomic mass is 9.70. The first-order valence-electron chi connectivity index (χ1n) is 9.86. The summed E-state index contributed by atoms with van der Waals surface area (Å²) in [6.07, 6.45) is 12.5. The second-order valence-corrected chi connectivity index (χ2v) is 8.89. The molecular weight excluding hydrogens is 353 g/mol. The average Bonchev–Trinajstić information content (AvgIpc) is 3.14. The van der Waals surface area contributed by atoms with Crippen molar-refractivity contribution < 1.29 is 9.05 Å². The molecule has 3 aliphatic carbocycles. The van der Waals surface area contributed by atoms with E-state index in [4.69, 9.17) is 9.05 Å². The monoisotopic (exact) mass is 379 g/mol. The van der Waals surface area contributed by atoms with Crippen LogP contribution in [0.4, 0.5) is 0 Å². The quantitative estimate of drug-likeness (QED) is 0.647. The van der Waals surface area contributed by atoms with Gasteiger partial charge in [-0.3, -0.25) is 0 Å². The summed E-state index contributed by atoms with van der Waals surface area (Å²) in [6.45, 7) is 9.13. The molecule has 27 heavy (non-hydrogen) atoms. The lowest BCUT2D eigenvalue weighted by molar-refractivity contribution is 0.193. The highest BCUT2D eigenvalue weighted by Gasteiger charge is 2.53. The summed E-state index contributed by atoms with van der Waals surface area (Å²) in [4.78, 5) is 2.56. The molecule has 1 spiro atoms. The molecule has 2 unspecified atom stereocenters. The van der Waals surface area contributed by atoms with Crippen molar-refractivity contribution in [1.82, 2.24) is 4.90 Å². The summed E-state index contributed by atoms with van der Waals surface area (Å²) < 4.78 is 12.4. The minimum Gasteiger partial charge on any atom is -0.449 e. The van der Waals surface area contributed by atoms with E-state index in [1.165, 1.54) is 28.0 Å². The Kier molecular flexibility index (Phi) is 3.90. The largest absolute Gasteiger partial charge is 0.449 e. The maximum atomic E-state index is 6.23. The fourth-order valence-corrected chi connectivity index (χ4v) is 5.95. The van der Waals surface area contributed by atoms with Crippen LogP contribution >= 0.6 is 9.03 Å². The zero-order chi connectivity index (χ0) is 18.8. The fourth-order valence-electron chi connectivity index (χ4n) is 5.31. The van der Waals surface area contributed by atoms with Gasteiger partial charge >= 0.3 is 0 Å². The van der Waals surface area contributed by atoms with E-state index in [2.05, 4.69) is 81.2 Å².